The summed E-state index contributed by atoms with van der Waals surface area (Å²) in [4.78, 5) is 9.47. The van der Waals surface area contributed by atoms with Gasteiger partial charge in [0.25, 0.3) is 0 Å². The molecule has 0 spiro atoms. The minimum atomic E-state index is -3.63. The highest BCUT2D eigenvalue weighted by molar-refractivity contribution is 9.09. The number of hydrogen-bond donors (Lipinski definition) is 1. The fourth-order valence-corrected chi connectivity index (χ4v) is 0.297. The Morgan fingerprint density at radius 2 is 2.12 bits per heavy atom. The van der Waals surface area contributed by atoms with Gasteiger partial charge in [-0.05, 0) is 0 Å². The summed E-state index contributed by atoms with van der Waals surface area (Å²) in [7, 11) is 0. The molecule has 0 aromatic heterocycles. The van der Waals surface area contributed by atoms with Gasteiger partial charge in [-0.3, -0.25) is 0 Å². The number of rotatable bonds is 2. The molecule has 0 aliphatic rings. The minimum Gasteiger partial charge on any atom is -0.477 e. The van der Waals surface area contributed by atoms with E-state index < -0.39 is 17.2 Å². The molecule has 0 heterocycles. The van der Waals surface area contributed by atoms with Gasteiger partial charge >= 0.3 is 11.9 Å². The van der Waals surface area contributed by atoms with E-state index in [4.69, 9.17) is 5.11 Å². The Morgan fingerprint density at radius 1 is 1.75 bits per heavy atom. The summed E-state index contributed by atoms with van der Waals surface area (Å²) in [6.07, 6.45) is 0. The van der Waals surface area contributed by atoms with Gasteiger partial charge in [-0.2, -0.15) is 8.78 Å². The number of carboxylic acid groups (broad SMARTS) is 1. The summed E-state index contributed by atoms with van der Waals surface area (Å²) >= 11 is 2.34. The third kappa shape index (κ3) is 1.73. The van der Waals surface area contributed by atoms with Crippen molar-refractivity contribution in [1.82, 2.24) is 0 Å². The van der Waals surface area contributed by atoms with Gasteiger partial charge < -0.3 is 5.11 Å². The third-order valence-electron chi connectivity index (χ3n) is 0.481. The summed E-state index contributed by atoms with van der Waals surface area (Å²) < 4.78 is 23.3. The van der Waals surface area contributed by atoms with Crippen molar-refractivity contribution in [2.24, 2.45) is 0 Å². The molecule has 0 saturated carbocycles. The lowest BCUT2D eigenvalue weighted by atomic mass is 10.4. The lowest BCUT2D eigenvalue weighted by molar-refractivity contribution is -0.161. The predicted octanol–water partition coefficient (Wildman–Crippen LogP) is 1.10. The van der Waals surface area contributed by atoms with Crippen LogP contribution >= 0.6 is 15.9 Å². The average Bonchev–Trinajstić information content (AvgIpc) is 1.67. The number of carbonyl (C=O) groups is 1. The van der Waals surface area contributed by atoms with Gasteiger partial charge in [-0.15, -0.1) is 0 Å². The largest absolute Gasteiger partial charge is 0.477 e. The summed E-state index contributed by atoms with van der Waals surface area (Å²) in [6, 6.07) is 0. The first-order valence-corrected chi connectivity index (χ1v) is 2.80. The highest BCUT2D eigenvalue weighted by Crippen LogP contribution is 2.15. The van der Waals surface area contributed by atoms with Crippen LogP contribution in [0.25, 0.3) is 0 Å². The molecule has 8 heavy (non-hydrogen) atoms. The van der Waals surface area contributed by atoms with E-state index in [-0.39, 0.29) is 0 Å². The van der Waals surface area contributed by atoms with E-state index >= 15 is 0 Å². The fraction of sp³-hybridized carbons (Fsp3) is 0.667. The maximum atomic E-state index is 11.6. The second kappa shape index (κ2) is 2.39. The number of halogens is 3. The van der Waals surface area contributed by atoms with Crippen LogP contribution in [0.2, 0.25) is 0 Å². The quantitative estimate of drug-likeness (QED) is 0.660. The lowest BCUT2D eigenvalue weighted by Crippen LogP contribution is -2.29. The van der Waals surface area contributed by atoms with E-state index in [0.29, 0.717) is 0 Å². The van der Waals surface area contributed by atoms with Crippen LogP contribution in [0, 0.1) is 0 Å². The number of carboxylic acids is 1. The molecular weight excluding hydrogens is 186 g/mol. The monoisotopic (exact) mass is 188 g/mol. The van der Waals surface area contributed by atoms with Crippen molar-refractivity contribution in [3.8, 4) is 0 Å². The topological polar surface area (TPSA) is 37.3 Å². The summed E-state index contributed by atoms with van der Waals surface area (Å²) in [5, 5.41) is 6.82. The molecule has 0 saturated heterocycles. The molecule has 0 aromatic rings. The summed E-state index contributed by atoms with van der Waals surface area (Å²) in [5.41, 5.74) is 0. The maximum Gasteiger partial charge on any atom is 0.375 e. The molecule has 0 aliphatic heterocycles. The average molecular weight is 189 g/mol. The van der Waals surface area contributed by atoms with Crippen molar-refractivity contribution in [3.63, 3.8) is 0 Å². The fourth-order valence-electron chi connectivity index (χ4n) is 0.0572. The molecule has 2 nitrogen and oxygen atoms in total. The Morgan fingerprint density at radius 3 is 2.12 bits per heavy atom. The second-order valence-corrected chi connectivity index (χ2v) is 1.70. The summed E-state index contributed by atoms with van der Waals surface area (Å²) in [6.45, 7) is 0. The molecule has 0 rings (SSSR count). The van der Waals surface area contributed by atoms with Gasteiger partial charge in [0.2, 0.25) is 0 Å². The zero-order valence-electron chi connectivity index (χ0n) is 3.70. The molecule has 0 fully saturated rings. The highest BCUT2D eigenvalue weighted by Gasteiger charge is 2.36. The van der Waals surface area contributed by atoms with Gasteiger partial charge in [-0.1, -0.05) is 15.9 Å². The number of aliphatic carboxylic acids is 1. The highest BCUT2D eigenvalue weighted by atomic mass is 79.9. The zero-order chi connectivity index (χ0) is 6.78. The SMILES string of the molecule is O=C(O)C(F)(F)CBr. The van der Waals surface area contributed by atoms with Crippen LogP contribution in [0.4, 0.5) is 8.78 Å². The van der Waals surface area contributed by atoms with Gasteiger partial charge in [-0.25, -0.2) is 4.79 Å². The van der Waals surface area contributed by atoms with Crippen molar-refractivity contribution in [3.05, 3.63) is 0 Å². The van der Waals surface area contributed by atoms with Crippen LogP contribution in [-0.4, -0.2) is 22.3 Å². The molecule has 1 N–H and O–H groups in total. The molecule has 5 heteroatoms. The van der Waals surface area contributed by atoms with Crippen LogP contribution in [0.15, 0.2) is 0 Å². The van der Waals surface area contributed by atoms with Gasteiger partial charge in [0.05, 0.1) is 5.33 Å². The predicted molar refractivity (Wildman–Crippen MR) is 26.4 cm³/mol. The smallest absolute Gasteiger partial charge is 0.375 e. The van der Waals surface area contributed by atoms with Crippen molar-refractivity contribution < 1.29 is 18.7 Å². The van der Waals surface area contributed by atoms with Crippen molar-refractivity contribution in [1.29, 1.82) is 0 Å². The van der Waals surface area contributed by atoms with Gasteiger partial charge in [0.1, 0.15) is 0 Å². The number of hydrogen-bond acceptors (Lipinski definition) is 1. The van der Waals surface area contributed by atoms with Gasteiger partial charge in [0.15, 0.2) is 0 Å². The van der Waals surface area contributed by atoms with Crippen LogP contribution in [0.3, 0.4) is 0 Å². The molecular formula is C3H3BrF2O2. The van der Waals surface area contributed by atoms with Crippen LogP contribution in [-0.2, 0) is 4.79 Å². The number of alkyl halides is 3. The van der Waals surface area contributed by atoms with E-state index in [2.05, 4.69) is 15.9 Å². The van der Waals surface area contributed by atoms with E-state index in [1.165, 1.54) is 0 Å². The zero-order valence-corrected chi connectivity index (χ0v) is 5.28. The molecule has 0 amide bonds. The molecule has 0 unspecified atom stereocenters. The van der Waals surface area contributed by atoms with Crippen LogP contribution < -0.4 is 0 Å². The molecule has 0 aliphatic carbocycles. The van der Waals surface area contributed by atoms with E-state index in [1.54, 1.807) is 0 Å². The van der Waals surface area contributed by atoms with Gasteiger partial charge in [0, 0.05) is 0 Å². The first-order valence-electron chi connectivity index (χ1n) is 1.68. The molecule has 48 valence electrons. The molecule has 0 bridgehead atoms. The van der Waals surface area contributed by atoms with Crippen molar-refractivity contribution >= 4 is 21.9 Å². The second-order valence-electron chi connectivity index (χ2n) is 1.14. The van der Waals surface area contributed by atoms with Crippen molar-refractivity contribution in [2.45, 2.75) is 5.92 Å². The minimum absolute atomic E-state index is 0.838. The molecule has 0 atom stereocenters. The van der Waals surface area contributed by atoms with Crippen LogP contribution in [0.1, 0.15) is 0 Å². The Hall–Kier alpha value is -0.190. The first kappa shape index (κ1) is 7.81. The first-order chi connectivity index (χ1) is 3.50. The van der Waals surface area contributed by atoms with E-state index in [1.807, 2.05) is 0 Å². The van der Waals surface area contributed by atoms with Crippen molar-refractivity contribution in [2.75, 3.05) is 5.33 Å². The Labute approximate surface area is 52.6 Å². The summed E-state index contributed by atoms with van der Waals surface area (Å²) in [5.74, 6) is -5.73. The normalized spacial score (nSPS) is 11.4. The third-order valence-corrected chi connectivity index (χ3v) is 1.18. The Balaban J connectivity index is 3.91. The standard InChI is InChI=1S/C3H3BrF2O2/c4-1-3(5,6)2(7)8/h1H2,(H,7,8). The van der Waals surface area contributed by atoms with E-state index in [9.17, 15) is 13.6 Å². The maximum absolute atomic E-state index is 11.6. The molecule has 0 radical (unpaired) electrons. The van der Waals surface area contributed by atoms with Crippen LogP contribution in [0.5, 0.6) is 0 Å². The molecule has 0 aromatic carbocycles. The Bertz CT molecular complexity index is 103. The Kier molecular flexibility index (Phi) is 2.33. The van der Waals surface area contributed by atoms with E-state index in [0.717, 1.165) is 0 Å². The lowest BCUT2D eigenvalue weighted by Gasteiger charge is -2.03.